The molecule has 146 valence electrons. The van der Waals surface area contributed by atoms with Crippen molar-refractivity contribution in [1.82, 2.24) is 0 Å². The molecule has 3 nitrogen and oxygen atoms in total. The molecule has 1 N–H and O–H groups in total. The summed E-state index contributed by atoms with van der Waals surface area (Å²) in [6, 6.07) is 18.6. The Labute approximate surface area is 175 Å². The zero-order valence-electron chi connectivity index (χ0n) is 16.8. The van der Waals surface area contributed by atoms with Gasteiger partial charge in [0.05, 0.1) is 7.11 Å². The van der Waals surface area contributed by atoms with E-state index in [2.05, 4.69) is 72.3 Å². The minimum atomic E-state index is 0.496. The minimum Gasteiger partial charge on any atom is -0.493 e. The molecule has 3 aromatic rings. The normalized spacial score (nSPS) is 10.6. The molecule has 28 heavy (non-hydrogen) atoms. The summed E-state index contributed by atoms with van der Waals surface area (Å²) in [5, 5.41) is 3.51. The fourth-order valence-corrected chi connectivity index (χ4v) is 3.48. The van der Waals surface area contributed by atoms with Gasteiger partial charge in [0.1, 0.15) is 6.61 Å². The summed E-state index contributed by atoms with van der Waals surface area (Å²) in [6.07, 6.45) is 0. The van der Waals surface area contributed by atoms with Crippen molar-refractivity contribution in [1.29, 1.82) is 0 Å². The molecule has 3 rings (SSSR count). The second kappa shape index (κ2) is 9.16. The van der Waals surface area contributed by atoms with Gasteiger partial charge in [-0.3, -0.25) is 0 Å². The molecule has 0 unspecified atom stereocenters. The maximum Gasteiger partial charge on any atom is 0.167 e. The lowest BCUT2D eigenvalue weighted by Crippen LogP contribution is -2.07. The van der Waals surface area contributed by atoms with Crippen molar-refractivity contribution in [2.45, 2.75) is 33.9 Å². The van der Waals surface area contributed by atoms with E-state index >= 15 is 0 Å². The smallest absolute Gasteiger partial charge is 0.167 e. The van der Waals surface area contributed by atoms with E-state index in [1.165, 1.54) is 16.7 Å². The lowest BCUT2D eigenvalue weighted by molar-refractivity contribution is 0.281. The van der Waals surface area contributed by atoms with Crippen LogP contribution in [0.1, 0.15) is 27.8 Å². The summed E-state index contributed by atoms with van der Waals surface area (Å²) < 4.78 is 12.8. The van der Waals surface area contributed by atoms with Gasteiger partial charge >= 0.3 is 0 Å². The molecule has 0 amide bonds. The summed E-state index contributed by atoms with van der Waals surface area (Å²) in [5.41, 5.74) is 7.05. The first-order chi connectivity index (χ1) is 13.5. The summed E-state index contributed by atoms with van der Waals surface area (Å²) in [6.45, 7) is 7.46. The average molecular weight is 440 g/mol. The van der Waals surface area contributed by atoms with E-state index in [-0.39, 0.29) is 0 Å². The van der Waals surface area contributed by atoms with Crippen LogP contribution in [-0.4, -0.2) is 7.11 Å². The molecule has 0 aliphatic carbocycles. The third-order valence-electron chi connectivity index (χ3n) is 5.00. The van der Waals surface area contributed by atoms with Gasteiger partial charge < -0.3 is 14.8 Å². The summed E-state index contributed by atoms with van der Waals surface area (Å²) in [4.78, 5) is 0. The van der Waals surface area contributed by atoms with Crippen LogP contribution in [0.2, 0.25) is 0 Å². The number of ether oxygens (including phenoxy) is 2. The van der Waals surface area contributed by atoms with Crippen LogP contribution in [0.4, 0.5) is 5.69 Å². The average Bonchev–Trinajstić information content (AvgIpc) is 2.69. The molecule has 0 heterocycles. The van der Waals surface area contributed by atoms with E-state index < -0.39 is 0 Å². The maximum absolute atomic E-state index is 6.24. The third kappa shape index (κ3) is 4.68. The predicted octanol–water partition coefficient (Wildman–Crippen LogP) is 6.57. The van der Waals surface area contributed by atoms with Crippen LogP contribution in [0.25, 0.3) is 0 Å². The Morgan fingerprint density at radius 2 is 1.68 bits per heavy atom. The number of rotatable bonds is 7. The molecular formula is C24H26BrNO2. The van der Waals surface area contributed by atoms with Gasteiger partial charge in [-0.05, 0) is 67.3 Å². The Morgan fingerprint density at radius 1 is 0.893 bits per heavy atom. The predicted molar refractivity (Wildman–Crippen MR) is 119 cm³/mol. The van der Waals surface area contributed by atoms with Gasteiger partial charge in [-0.15, -0.1) is 0 Å². The molecule has 0 fully saturated rings. The first-order valence-electron chi connectivity index (χ1n) is 9.33. The molecule has 0 bridgehead atoms. The Balaban J connectivity index is 1.85. The highest BCUT2D eigenvalue weighted by Gasteiger charge is 2.15. The quantitative estimate of drug-likeness (QED) is 0.451. The molecular weight excluding hydrogens is 414 g/mol. The van der Waals surface area contributed by atoms with Crippen molar-refractivity contribution in [2.24, 2.45) is 0 Å². The van der Waals surface area contributed by atoms with Crippen LogP contribution in [-0.2, 0) is 13.2 Å². The van der Waals surface area contributed by atoms with Gasteiger partial charge in [-0.2, -0.15) is 0 Å². The molecule has 0 aliphatic rings. The third-order valence-corrected chi connectivity index (χ3v) is 5.74. The van der Waals surface area contributed by atoms with Crippen molar-refractivity contribution in [3.63, 3.8) is 0 Å². The molecule has 0 spiro atoms. The first kappa shape index (κ1) is 20.3. The number of anilines is 1. The number of nitrogens with one attached hydrogen (secondary N) is 1. The zero-order valence-corrected chi connectivity index (χ0v) is 18.4. The summed E-state index contributed by atoms with van der Waals surface area (Å²) >= 11 is 3.68. The van der Waals surface area contributed by atoms with Gasteiger partial charge in [0, 0.05) is 22.3 Å². The zero-order chi connectivity index (χ0) is 20.1. The standard InChI is InChI=1S/C24H26BrNO2/c1-16-9-10-20(13-18(16)3)26-14-21-22(25)11-12-23(27-4)24(21)28-15-19-8-6-5-7-17(19)2/h5-13,26H,14-15H2,1-4H3. The Bertz CT molecular complexity index is 969. The molecule has 0 aromatic heterocycles. The molecule has 0 atom stereocenters. The second-order valence-electron chi connectivity index (χ2n) is 6.93. The Kier molecular flexibility index (Phi) is 6.63. The molecule has 4 heteroatoms. The highest BCUT2D eigenvalue weighted by Crippen LogP contribution is 2.37. The van der Waals surface area contributed by atoms with Crippen molar-refractivity contribution in [2.75, 3.05) is 12.4 Å². The summed E-state index contributed by atoms with van der Waals surface area (Å²) in [7, 11) is 1.67. The largest absolute Gasteiger partial charge is 0.493 e. The van der Waals surface area contributed by atoms with Gasteiger partial charge in [0.25, 0.3) is 0 Å². The van der Waals surface area contributed by atoms with Crippen molar-refractivity contribution >= 4 is 21.6 Å². The van der Waals surface area contributed by atoms with E-state index in [4.69, 9.17) is 9.47 Å². The number of benzene rings is 3. The SMILES string of the molecule is COc1ccc(Br)c(CNc2ccc(C)c(C)c2)c1OCc1ccccc1C. The lowest BCUT2D eigenvalue weighted by atomic mass is 10.1. The molecule has 0 saturated carbocycles. The van der Waals surface area contributed by atoms with Crippen LogP contribution >= 0.6 is 15.9 Å². The van der Waals surface area contributed by atoms with E-state index in [9.17, 15) is 0 Å². The van der Waals surface area contributed by atoms with Crippen LogP contribution in [0.5, 0.6) is 11.5 Å². The monoisotopic (exact) mass is 439 g/mol. The summed E-state index contributed by atoms with van der Waals surface area (Å²) in [5.74, 6) is 1.49. The number of aryl methyl sites for hydroxylation is 3. The molecule has 0 aliphatic heterocycles. The minimum absolute atomic E-state index is 0.496. The van der Waals surface area contributed by atoms with E-state index in [0.717, 1.165) is 32.8 Å². The molecule has 0 radical (unpaired) electrons. The van der Waals surface area contributed by atoms with Crippen LogP contribution in [0, 0.1) is 20.8 Å². The van der Waals surface area contributed by atoms with Gasteiger partial charge in [-0.1, -0.05) is 46.3 Å². The highest BCUT2D eigenvalue weighted by molar-refractivity contribution is 9.10. The van der Waals surface area contributed by atoms with Gasteiger partial charge in [-0.25, -0.2) is 0 Å². The lowest BCUT2D eigenvalue weighted by Gasteiger charge is -2.18. The van der Waals surface area contributed by atoms with E-state index in [1.54, 1.807) is 7.11 Å². The number of halogens is 1. The van der Waals surface area contributed by atoms with Crippen molar-refractivity contribution in [3.05, 3.63) is 86.9 Å². The maximum atomic E-state index is 6.24. The molecule has 0 saturated heterocycles. The van der Waals surface area contributed by atoms with E-state index in [1.807, 2.05) is 24.3 Å². The Hall–Kier alpha value is -2.46. The van der Waals surface area contributed by atoms with E-state index in [0.29, 0.717) is 13.2 Å². The van der Waals surface area contributed by atoms with Gasteiger partial charge in [0.15, 0.2) is 11.5 Å². The number of methoxy groups -OCH3 is 1. The second-order valence-corrected chi connectivity index (χ2v) is 7.78. The number of hydrogen-bond acceptors (Lipinski definition) is 3. The van der Waals surface area contributed by atoms with Crippen LogP contribution < -0.4 is 14.8 Å². The Morgan fingerprint density at radius 3 is 2.39 bits per heavy atom. The fraction of sp³-hybridized carbons (Fsp3) is 0.250. The highest BCUT2D eigenvalue weighted by atomic mass is 79.9. The van der Waals surface area contributed by atoms with Gasteiger partial charge in [0.2, 0.25) is 0 Å². The van der Waals surface area contributed by atoms with Crippen LogP contribution in [0.3, 0.4) is 0 Å². The van der Waals surface area contributed by atoms with Crippen molar-refractivity contribution < 1.29 is 9.47 Å². The topological polar surface area (TPSA) is 30.5 Å². The molecule has 3 aromatic carbocycles. The first-order valence-corrected chi connectivity index (χ1v) is 10.1. The van der Waals surface area contributed by atoms with Crippen molar-refractivity contribution in [3.8, 4) is 11.5 Å². The fourth-order valence-electron chi connectivity index (χ4n) is 3.03. The number of hydrogen-bond donors (Lipinski definition) is 1. The van der Waals surface area contributed by atoms with Crippen LogP contribution in [0.15, 0.2) is 59.1 Å².